The average molecular weight is 410 g/mol. The van der Waals surface area contributed by atoms with Crippen LogP contribution in [0.3, 0.4) is 0 Å². The van der Waals surface area contributed by atoms with E-state index in [1.807, 2.05) is 32.9 Å². The van der Waals surface area contributed by atoms with Gasteiger partial charge in [-0.2, -0.15) is 0 Å². The molecule has 1 aliphatic rings. The molecular formula is C23H27N3O2S. The molecule has 1 aromatic carbocycles. The highest BCUT2D eigenvalue weighted by molar-refractivity contribution is 7.18. The fraction of sp³-hybridized carbons (Fsp3) is 0.435. The molecule has 29 heavy (non-hydrogen) atoms. The van der Waals surface area contributed by atoms with Gasteiger partial charge in [0.25, 0.3) is 5.56 Å². The zero-order chi connectivity index (χ0) is 20.9. The molecule has 5 nitrogen and oxygen atoms in total. The number of amides is 1. The molecular weight excluding hydrogens is 382 g/mol. The van der Waals surface area contributed by atoms with Crippen LogP contribution in [0.4, 0.5) is 5.69 Å². The van der Waals surface area contributed by atoms with E-state index in [1.165, 1.54) is 9.44 Å². The van der Waals surface area contributed by atoms with Gasteiger partial charge >= 0.3 is 0 Å². The minimum atomic E-state index is -0.205. The van der Waals surface area contributed by atoms with Crippen molar-refractivity contribution in [3.05, 3.63) is 55.4 Å². The topological polar surface area (TPSA) is 64.0 Å². The van der Waals surface area contributed by atoms with Crippen LogP contribution in [-0.2, 0) is 24.2 Å². The third-order valence-corrected chi connectivity index (χ3v) is 7.00. The van der Waals surface area contributed by atoms with Crippen LogP contribution in [0.15, 0.2) is 16.9 Å². The van der Waals surface area contributed by atoms with E-state index in [-0.39, 0.29) is 18.0 Å². The number of hydrogen-bond donors (Lipinski definition) is 1. The lowest BCUT2D eigenvalue weighted by molar-refractivity contribution is -0.116. The summed E-state index contributed by atoms with van der Waals surface area (Å²) >= 11 is 1.64. The van der Waals surface area contributed by atoms with E-state index in [4.69, 9.17) is 0 Å². The highest BCUT2D eigenvalue weighted by Gasteiger charge is 2.24. The number of aromatic nitrogens is 2. The molecule has 0 bridgehead atoms. The predicted octanol–water partition coefficient (Wildman–Crippen LogP) is 4.46. The van der Waals surface area contributed by atoms with Crippen molar-refractivity contribution in [2.24, 2.45) is 5.92 Å². The Kier molecular flexibility index (Phi) is 5.07. The summed E-state index contributed by atoms with van der Waals surface area (Å²) in [7, 11) is 0. The minimum absolute atomic E-state index is 0.0264. The zero-order valence-corrected chi connectivity index (χ0v) is 18.5. The Hall–Kier alpha value is -2.47. The number of thiophene rings is 1. The van der Waals surface area contributed by atoms with Gasteiger partial charge in [-0.25, -0.2) is 4.98 Å². The van der Waals surface area contributed by atoms with Crippen LogP contribution in [-0.4, -0.2) is 15.5 Å². The van der Waals surface area contributed by atoms with Gasteiger partial charge in [0, 0.05) is 10.6 Å². The maximum Gasteiger partial charge on any atom is 0.263 e. The van der Waals surface area contributed by atoms with Crippen molar-refractivity contribution in [3.63, 3.8) is 0 Å². The fourth-order valence-electron chi connectivity index (χ4n) is 4.41. The molecule has 0 aliphatic heterocycles. The molecule has 3 aromatic rings. The number of hydrogen-bond acceptors (Lipinski definition) is 4. The highest BCUT2D eigenvalue weighted by atomic mass is 32.1. The first-order valence-corrected chi connectivity index (χ1v) is 11.0. The number of rotatable bonds is 3. The number of nitrogens with one attached hydrogen (secondary N) is 1. The Balaban J connectivity index is 1.68. The third kappa shape index (κ3) is 3.62. The van der Waals surface area contributed by atoms with Gasteiger partial charge in [0.05, 0.1) is 5.39 Å². The van der Waals surface area contributed by atoms with Crippen molar-refractivity contribution < 1.29 is 4.79 Å². The molecule has 0 radical (unpaired) electrons. The second kappa shape index (κ2) is 7.41. The van der Waals surface area contributed by atoms with Crippen molar-refractivity contribution in [1.82, 2.24) is 9.55 Å². The van der Waals surface area contributed by atoms with Crippen LogP contribution >= 0.6 is 11.3 Å². The van der Waals surface area contributed by atoms with Crippen molar-refractivity contribution in [3.8, 4) is 0 Å². The van der Waals surface area contributed by atoms with Gasteiger partial charge in [-0.3, -0.25) is 14.2 Å². The molecule has 1 unspecified atom stereocenters. The van der Waals surface area contributed by atoms with Crippen molar-refractivity contribution in [2.45, 2.75) is 60.4 Å². The minimum Gasteiger partial charge on any atom is -0.324 e. The Bertz CT molecular complexity index is 1170. The van der Waals surface area contributed by atoms with Crippen molar-refractivity contribution in [2.75, 3.05) is 5.32 Å². The van der Waals surface area contributed by atoms with Gasteiger partial charge < -0.3 is 5.32 Å². The molecule has 1 N–H and O–H groups in total. The number of fused-ring (bicyclic) bond motifs is 3. The van der Waals surface area contributed by atoms with Gasteiger partial charge in [-0.1, -0.05) is 24.6 Å². The van der Waals surface area contributed by atoms with Crippen LogP contribution in [0.25, 0.3) is 10.2 Å². The normalized spacial score (nSPS) is 16.1. The first-order chi connectivity index (χ1) is 13.7. The van der Waals surface area contributed by atoms with E-state index in [0.717, 1.165) is 57.4 Å². The molecule has 6 heteroatoms. The standard InChI is InChI=1S/C23H27N3O2S/c1-12-6-7-17-18(10-12)29-22-20(17)23(28)26(16(5)24-22)11-19(27)25-21-14(3)8-13(2)9-15(21)4/h8-9,12H,6-7,10-11H2,1-5H3,(H,25,27). The quantitative estimate of drug-likeness (QED) is 0.695. The summed E-state index contributed by atoms with van der Waals surface area (Å²) in [5, 5.41) is 3.72. The second-order valence-corrected chi connectivity index (χ2v) is 9.49. The van der Waals surface area contributed by atoms with Crippen LogP contribution in [0.5, 0.6) is 0 Å². The van der Waals surface area contributed by atoms with Crippen molar-refractivity contribution >= 4 is 33.1 Å². The fourth-order valence-corrected chi connectivity index (χ4v) is 5.83. The smallest absolute Gasteiger partial charge is 0.263 e. The maximum absolute atomic E-state index is 13.3. The summed E-state index contributed by atoms with van der Waals surface area (Å²) in [4.78, 5) is 32.8. The number of anilines is 1. The maximum atomic E-state index is 13.3. The van der Waals surface area contributed by atoms with Crippen LogP contribution in [0, 0.1) is 33.6 Å². The average Bonchev–Trinajstić information content (AvgIpc) is 2.98. The van der Waals surface area contributed by atoms with Crippen LogP contribution in [0.1, 0.15) is 46.3 Å². The molecule has 2 heterocycles. The second-order valence-electron chi connectivity index (χ2n) is 8.40. The molecule has 0 saturated heterocycles. The molecule has 0 saturated carbocycles. The summed E-state index contributed by atoms with van der Waals surface area (Å²) in [6, 6.07) is 4.10. The molecule has 0 spiro atoms. The molecule has 4 rings (SSSR count). The lowest BCUT2D eigenvalue weighted by Gasteiger charge is -2.17. The van der Waals surface area contributed by atoms with Crippen LogP contribution in [0.2, 0.25) is 0 Å². The summed E-state index contributed by atoms with van der Waals surface area (Å²) in [5.41, 5.74) is 5.09. The largest absolute Gasteiger partial charge is 0.324 e. The van der Waals surface area contributed by atoms with E-state index >= 15 is 0 Å². The van der Waals surface area contributed by atoms with E-state index in [9.17, 15) is 9.59 Å². The van der Waals surface area contributed by atoms with Crippen molar-refractivity contribution in [1.29, 1.82) is 0 Å². The first kappa shape index (κ1) is 19.8. The molecule has 1 atom stereocenters. The van der Waals surface area contributed by atoms with Gasteiger partial charge in [0.15, 0.2) is 0 Å². The number of aryl methyl sites for hydroxylation is 5. The van der Waals surface area contributed by atoms with Crippen LogP contribution < -0.4 is 10.9 Å². The van der Waals surface area contributed by atoms with E-state index < -0.39 is 0 Å². The number of nitrogens with zero attached hydrogens (tertiary/aromatic N) is 2. The zero-order valence-electron chi connectivity index (χ0n) is 17.7. The lowest BCUT2D eigenvalue weighted by atomic mass is 9.89. The Morgan fingerprint density at radius 3 is 2.62 bits per heavy atom. The summed E-state index contributed by atoms with van der Waals surface area (Å²) in [6.45, 7) is 10.0. The molecule has 0 fully saturated rings. The van der Waals surface area contributed by atoms with E-state index in [0.29, 0.717) is 11.7 Å². The Morgan fingerprint density at radius 1 is 1.24 bits per heavy atom. The summed E-state index contributed by atoms with van der Waals surface area (Å²) in [6.07, 6.45) is 3.03. The molecule has 2 aromatic heterocycles. The Morgan fingerprint density at radius 2 is 1.93 bits per heavy atom. The third-order valence-electron chi connectivity index (χ3n) is 5.85. The van der Waals surface area contributed by atoms with Gasteiger partial charge in [0.2, 0.25) is 5.91 Å². The summed E-state index contributed by atoms with van der Waals surface area (Å²) < 4.78 is 1.52. The van der Waals surface area contributed by atoms with E-state index in [1.54, 1.807) is 18.3 Å². The SMILES string of the molecule is Cc1cc(C)c(NC(=O)Cn2c(C)nc3sc4c(c3c2=O)CCC(C)C4)c(C)c1. The molecule has 1 aliphatic carbocycles. The Labute approximate surface area is 174 Å². The molecule has 1 amide bonds. The highest BCUT2D eigenvalue weighted by Crippen LogP contribution is 2.35. The van der Waals surface area contributed by atoms with Gasteiger partial charge in [-0.15, -0.1) is 11.3 Å². The number of carbonyl (C=O) groups excluding carboxylic acids is 1. The monoisotopic (exact) mass is 409 g/mol. The number of carbonyl (C=O) groups is 1. The van der Waals surface area contributed by atoms with E-state index in [2.05, 4.69) is 17.2 Å². The number of benzene rings is 1. The van der Waals surface area contributed by atoms with Gasteiger partial charge in [-0.05, 0) is 69.6 Å². The molecule has 152 valence electrons. The van der Waals surface area contributed by atoms with Gasteiger partial charge in [0.1, 0.15) is 17.2 Å². The lowest BCUT2D eigenvalue weighted by Crippen LogP contribution is -2.30. The summed E-state index contributed by atoms with van der Waals surface area (Å²) in [5.74, 6) is 1.02. The predicted molar refractivity (Wildman–Crippen MR) is 119 cm³/mol. The first-order valence-electron chi connectivity index (χ1n) is 10.1.